The Labute approximate surface area is 137 Å². The standard InChI is InChI=1S/C16H29N.C4H5N/c1-2-3-4-5-6-7-8-9-10-11-14-17-15-12-13-16-17;1-2-4-5-3-1/h12-13,15-16H,2-11,14H2,1H3;1-5H. The molecule has 0 amide bonds. The van der Waals surface area contributed by atoms with Gasteiger partial charge in [-0.2, -0.15) is 0 Å². The monoisotopic (exact) mass is 302 g/mol. The molecule has 0 aliphatic rings. The number of hydrogen-bond acceptors (Lipinski definition) is 0. The van der Waals surface area contributed by atoms with Gasteiger partial charge in [0.25, 0.3) is 0 Å². The molecule has 0 aliphatic carbocycles. The van der Waals surface area contributed by atoms with Gasteiger partial charge in [-0.1, -0.05) is 64.7 Å². The predicted octanol–water partition coefficient (Wildman–Crippen LogP) is 6.42. The smallest absolute Gasteiger partial charge is 0.0219 e. The van der Waals surface area contributed by atoms with Crippen molar-refractivity contribution in [2.24, 2.45) is 0 Å². The van der Waals surface area contributed by atoms with E-state index >= 15 is 0 Å². The van der Waals surface area contributed by atoms with Gasteiger partial charge in [0.15, 0.2) is 0 Å². The van der Waals surface area contributed by atoms with Crippen LogP contribution in [0.4, 0.5) is 0 Å². The molecule has 2 aromatic rings. The van der Waals surface area contributed by atoms with Gasteiger partial charge in [0, 0.05) is 31.3 Å². The number of rotatable bonds is 11. The van der Waals surface area contributed by atoms with E-state index in [9.17, 15) is 0 Å². The highest BCUT2D eigenvalue weighted by Gasteiger charge is 1.93. The van der Waals surface area contributed by atoms with Crippen molar-refractivity contribution in [3.8, 4) is 0 Å². The van der Waals surface area contributed by atoms with E-state index in [2.05, 4.69) is 41.0 Å². The lowest BCUT2D eigenvalue weighted by Crippen LogP contribution is -1.93. The number of aryl methyl sites for hydroxylation is 1. The van der Waals surface area contributed by atoms with Crippen molar-refractivity contribution in [2.75, 3.05) is 0 Å². The Bertz CT molecular complexity index is 372. The summed E-state index contributed by atoms with van der Waals surface area (Å²) in [5, 5.41) is 0. The lowest BCUT2D eigenvalue weighted by molar-refractivity contribution is 0.535. The molecule has 0 spiro atoms. The van der Waals surface area contributed by atoms with Gasteiger partial charge in [-0.05, 0) is 30.7 Å². The van der Waals surface area contributed by atoms with Gasteiger partial charge < -0.3 is 9.55 Å². The highest BCUT2D eigenvalue weighted by atomic mass is 14.9. The van der Waals surface area contributed by atoms with Crippen LogP contribution in [0.3, 0.4) is 0 Å². The average molecular weight is 303 g/mol. The van der Waals surface area contributed by atoms with Crippen molar-refractivity contribution < 1.29 is 0 Å². The Morgan fingerprint density at radius 3 is 1.59 bits per heavy atom. The Morgan fingerprint density at radius 1 is 0.636 bits per heavy atom. The third-order valence-corrected chi connectivity index (χ3v) is 3.93. The summed E-state index contributed by atoms with van der Waals surface area (Å²) >= 11 is 0. The Hall–Kier alpha value is -1.44. The molecule has 0 saturated carbocycles. The van der Waals surface area contributed by atoms with Crippen molar-refractivity contribution in [1.29, 1.82) is 0 Å². The molecule has 124 valence electrons. The van der Waals surface area contributed by atoms with E-state index in [0.717, 1.165) is 0 Å². The van der Waals surface area contributed by atoms with Gasteiger partial charge in [-0.3, -0.25) is 0 Å². The van der Waals surface area contributed by atoms with Crippen LogP contribution in [-0.2, 0) is 6.54 Å². The molecule has 22 heavy (non-hydrogen) atoms. The van der Waals surface area contributed by atoms with Gasteiger partial charge in [-0.15, -0.1) is 0 Å². The molecule has 0 aromatic carbocycles. The Kier molecular flexibility index (Phi) is 12.3. The number of nitrogens with one attached hydrogen (secondary N) is 1. The normalized spacial score (nSPS) is 10.2. The third-order valence-electron chi connectivity index (χ3n) is 3.93. The highest BCUT2D eigenvalue weighted by molar-refractivity contribution is 4.89. The third kappa shape index (κ3) is 11.2. The minimum atomic E-state index is 1.20. The van der Waals surface area contributed by atoms with Crippen LogP contribution in [0.1, 0.15) is 71.1 Å². The summed E-state index contributed by atoms with van der Waals surface area (Å²) in [6, 6.07) is 8.10. The molecule has 2 heteroatoms. The number of H-pyrrole nitrogens is 1. The van der Waals surface area contributed by atoms with Crippen molar-refractivity contribution in [1.82, 2.24) is 9.55 Å². The quantitative estimate of drug-likeness (QED) is 0.462. The summed E-state index contributed by atoms with van der Waals surface area (Å²) in [4.78, 5) is 2.86. The Morgan fingerprint density at radius 2 is 1.14 bits per heavy atom. The second-order valence-electron chi connectivity index (χ2n) is 5.99. The second kappa shape index (κ2) is 14.5. The largest absolute Gasteiger partial charge is 0.368 e. The molecular weight excluding hydrogens is 268 g/mol. The van der Waals surface area contributed by atoms with E-state index in [4.69, 9.17) is 0 Å². The zero-order valence-corrected chi connectivity index (χ0v) is 14.3. The zero-order valence-electron chi connectivity index (χ0n) is 14.3. The minimum Gasteiger partial charge on any atom is -0.368 e. The molecule has 0 radical (unpaired) electrons. The fourth-order valence-corrected chi connectivity index (χ4v) is 2.58. The van der Waals surface area contributed by atoms with Crippen LogP contribution in [-0.4, -0.2) is 9.55 Å². The van der Waals surface area contributed by atoms with Crippen molar-refractivity contribution in [3.63, 3.8) is 0 Å². The van der Waals surface area contributed by atoms with E-state index in [1.54, 1.807) is 0 Å². The van der Waals surface area contributed by atoms with E-state index in [-0.39, 0.29) is 0 Å². The van der Waals surface area contributed by atoms with Crippen molar-refractivity contribution in [3.05, 3.63) is 49.1 Å². The maximum absolute atomic E-state index is 2.86. The lowest BCUT2D eigenvalue weighted by Gasteiger charge is -2.03. The average Bonchev–Trinajstić information content (AvgIpc) is 3.25. The van der Waals surface area contributed by atoms with E-state index in [1.807, 2.05) is 24.5 Å². The zero-order chi connectivity index (χ0) is 15.7. The number of nitrogens with zero attached hydrogens (tertiary/aromatic N) is 1. The van der Waals surface area contributed by atoms with Gasteiger partial charge in [-0.25, -0.2) is 0 Å². The van der Waals surface area contributed by atoms with E-state index in [1.165, 1.54) is 70.8 Å². The first-order chi connectivity index (χ1) is 10.9. The van der Waals surface area contributed by atoms with Crippen LogP contribution in [0.5, 0.6) is 0 Å². The second-order valence-corrected chi connectivity index (χ2v) is 5.99. The molecule has 0 bridgehead atoms. The highest BCUT2D eigenvalue weighted by Crippen LogP contribution is 2.10. The lowest BCUT2D eigenvalue weighted by atomic mass is 10.1. The number of aromatic amines is 1. The molecule has 0 aliphatic heterocycles. The summed E-state index contributed by atoms with van der Waals surface area (Å²) in [5.41, 5.74) is 0. The molecule has 0 atom stereocenters. The molecule has 0 saturated heterocycles. The number of unbranched alkanes of at least 4 members (excludes halogenated alkanes) is 9. The molecule has 0 unspecified atom stereocenters. The molecule has 0 fully saturated rings. The molecule has 2 nitrogen and oxygen atoms in total. The molecule has 2 heterocycles. The maximum Gasteiger partial charge on any atom is 0.0219 e. The number of hydrogen-bond donors (Lipinski definition) is 1. The van der Waals surface area contributed by atoms with Gasteiger partial charge in [0.2, 0.25) is 0 Å². The Balaban J connectivity index is 0.000000406. The fraction of sp³-hybridized carbons (Fsp3) is 0.600. The van der Waals surface area contributed by atoms with Crippen molar-refractivity contribution >= 4 is 0 Å². The molecular formula is C20H34N2. The fourth-order valence-electron chi connectivity index (χ4n) is 2.58. The SMILES string of the molecule is CCCCCCCCCCCCn1cccc1.c1cc[nH]c1. The van der Waals surface area contributed by atoms with E-state index in [0.29, 0.717) is 0 Å². The van der Waals surface area contributed by atoms with Gasteiger partial charge >= 0.3 is 0 Å². The van der Waals surface area contributed by atoms with Crippen LogP contribution in [0.15, 0.2) is 49.1 Å². The first-order valence-corrected chi connectivity index (χ1v) is 9.12. The number of aromatic nitrogens is 2. The minimum absolute atomic E-state index is 1.20. The van der Waals surface area contributed by atoms with Crippen LogP contribution >= 0.6 is 0 Å². The molecule has 2 aromatic heterocycles. The van der Waals surface area contributed by atoms with Crippen molar-refractivity contribution in [2.45, 2.75) is 77.7 Å². The van der Waals surface area contributed by atoms with E-state index < -0.39 is 0 Å². The topological polar surface area (TPSA) is 20.7 Å². The summed E-state index contributed by atoms with van der Waals surface area (Å²) in [5.74, 6) is 0. The first-order valence-electron chi connectivity index (χ1n) is 9.12. The van der Waals surface area contributed by atoms with Gasteiger partial charge in [0.05, 0.1) is 0 Å². The summed E-state index contributed by atoms with van der Waals surface area (Å²) in [7, 11) is 0. The molecule has 2 rings (SSSR count). The summed E-state index contributed by atoms with van der Waals surface area (Å²) in [6.45, 7) is 3.48. The first kappa shape index (κ1) is 18.6. The van der Waals surface area contributed by atoms with Crippen LogP contribution < -0.4 is 0 Å². The van der Waals surface area contributed by atoms with Crippen LogP contribution in [0.2, 0.25) is 0 Å². The van der Waals surface area contributed by atoms with Gasteiger partial charge in [0.1, 0.15) is 0 Å². The van der Waals surface area contributed by atoms with Crippen LogP contribution in [0, 0.1) is 0 Å². The predicted molar refractivity (Wildman–Crippen MR) is 97.1 cm³/mol. The maximum atomic E-state index is 2.86. The van der Waals surface area contributed by atoms with Crippen LogP contribution in [0.25, 0.3) is 0 Å². The summed E-state index contributed by atoms with van der Waals surface area (Å²) in [6.07, 6.45) is 22.3. The molecule has 1 N–H and O–H groups in total. The summed E-state index contributed by atoms with van der Waals surface area (Å²) < 4.78 is 2.28.